The number of benzene rings is 1. The van der Waals surface area contributed by atoms with Crippen molar-refractivity contribution >= 4 is 17.5 Å². The summed E-state index contributed by atoms with van der Waals surface area (Å²) in [6.07, 6.45) is 2.95. The lowest BCUT2D eigenvalue weighted by Crippen LogP contribution is -2.47. The maximum atomic E-state index is 12.4. The molecule has 1 fully saturated rings. The third-order valence-corrected chi connectivity index (χ3v) is 4.20. The molecule has 1 aliphatic rings. The van der Waals surface area contributed by atoms with Crippen LogP contribution in [0, 0.1) is 0 Å². The van der Waals surface area contributed by atoms with Crippen molar-refractivity contribution in [2.75, 3.05) is 26.7 Å². The van der Waals surface area contributed by atoms with Gasteiger partial charge in [-0.2, -0.15) is 5.10 Å². The summed E-state index contributed by atoms with van der Waals surface area (Å²) in [5.41, 5.74) is 1.46. The van der Waals surface area contributed by atoms with Gasteiger partial charge in [-0.15, -0.1) is 0 Å². The molecule has 2 atom stereocenters. The average Bonchev–Trinajstić information content (AvgIpc) is 3.08. The number of nitrogens with one attached hydrogen (secondary N) is 2. The number of hydrogen-bond donors (Lipinski definition) is 2. The summed E-state index contributed by atoms with van der Waals surface area (Å²) in [5, 5.41) is 10.2. The largest absolute Gasteiger partial charge is 0.373 e. The highest BCUT2D eigenvalue weighted by atomic mass is 35.5. The fourth-order valence-electron chi connectivity index (χ4n) is 2.67. The fraction of sp³-hybridized carbons (Fsp3) is 0.375. The number of likely N-dealkylation sites (N-methyl/N-ethyl adjacent to an activating group) is 1. The third-order valence-electron chi connectivity index (χ3n) is 3.94. The van der Waals surface area contributed by atoms with E-state index in [0.717, 1.165) is 18.7 Å². The molecular weight excluding hydrogens is 316 g/mol. The maximum absolute atomic E-state index is 12.4. The van der Waals surface area contributed by atoms with Crippen LogP contribution in [0.5, 0.6) is 0 Å². The highest BCUT2D eigenvalue weighted by Crippen LogP contribution is 2.24. The second-order valence-corrected chi connectivity index (χ2v) is 6.10. The fourth-order valence-corrected chi connectivity index (χ4v) is 2.80. The second-order valence-electron chi connectivity index (χ2n) is 5.66. The van der Waals surface area contributed by atoms with Crippen molar-refractivity contribution in [2.45, 2.75) is 12.1 Å². The molecule has 2 N–H and O–H groups in total. The molecule has 0 saturated carbocycles. The number of aromatic nitrogens is 2. The Morgan fingerprint density at radius 1 is 1.48 bits per heavy atom. The van der Waals surface area contributed by atoms with E-state index in [0.29, 0.717) is 17.2 Å². The summed E-state index contributed by atoms with van der Waals surface area (Å²) >= 11 is 5.97. The molecule has 0 bridgehead atoms. The topological polar surface area (TPSA) is 70.2 Å². The summed E-state index contributed by atoms with van der Waals surface area (Å²) in [7, 11) is 2.05. The van der Waals surface area contributed by atoms with Crippen molar-refractivity contribution in [1.29, 1.82) is 0 Å². The van der Waals surface area contributed by atoms with E-state index in [1.165, 1.54) is 6.20 Å². The summed E-state index contributed by atoms with van der Waals surface area (Å²) < 4.78 is 5.90. The van der Waals surface area contributed by atoms with Gasteiger partial charge in [0, 0.05) is 24.3 Å². The van der Waals surface area contributed by atoms with E-state index in [9.17, 15) is 4.79 Å². The molecule has 1 amide bonds. The van der Waals surface area contributed by atoms with E-state index in [4.69, 9.17) is 16.3 Å². The summed E-state index contributed by atoms with van der Waals surface area (Å²) in [6.45, 7) is 2.28. The van der Waals surface area contributed by atoms with Crippen LogP contribution in [0.25, 0.3) is 0 Å². The van der Waals surface area contributed by atoms with Crippen LogP contribution in [0.15, 0.2) is 36.7 Å². The van der Waals surface area contributed by atoms with Crippen molar-refractivity contribution in [1.82, 2.24) is 20.4 Å². The first-order valence-electron chi connectivity index (χ1n) is 7.49. The van der Waals surface area contributed by atoms with Crippen molar-refractivity contribution < 1.29 is 9.53 Å². The molecule has 2 aromatic rings. The Morgan fingerprint density at radius 3 is 2.91 bits per heavy atom. The predicted octanol–water partition coefficient (Wildman–Crippen LogP) is 1.86. The molecule has 1 aromatic carbocycles. The van der Waals surface area contributed by atoms with Crippen LogP contribution >= 0.6 is 11.6 Å². The summed E-state index contributed by atoms with van der Waals surface area (Å²) in [5.74, 6) is -0.185. The van der Waals surface area contributed by atoms with E-state index < -0.39 is 0 Å². The number of rotatable bonds is 4. The van der Waals surface area contributed by atoms with Gasteiger partial charge < -0.3 is 15.0 Å². The molecule has 23 heavy (non-hydrogen) atoms. The molecule has 1 aliphatic heterocycles. The van der Waals surface area contributed by atoms with E-state index in [1.54, 1.807) is 6.20 Å². The number of halogens is 1. The second kappa shape index (κ2) is 7.12. The Morgan fingerprint density at radius 2 is 2.26 bits per heavy atom. The Bertz CT molecular complexity index is 645. The minimum atomic E-state index is -0.252. The van der Waals surface area contributed by atoms with Crippen LogP contribution < -0.4 is 5.32 Å². The monoisotopic (exact) mass is 334 g/mol. The van der Waals surface area contributed by atoms with Gasteiger partial charge in [0.05, 0.1) is 30.5 Å². The van der Waals surface area contributed by atoms with Crippen molar-refractivity contribution in [3.05, 3.63) is 52.8 Å². The SMILES string of the molecule is CN1CCO[C@@H]([C@H](NC(=O)c2cn[nH]c2)c2ccc(Cl)cc2)C1. The van der Waals surface area contributed by atoms with Crippen LogP contribution in [-0.2, 0) is 4.74 Å². The summed E-state index contributed by atoms with van der Waals surface area (Å²) in [4.78, 5) is 14.6. The van der Waals surface area contributed by atoms with Gasteiger partial charge in [-0.25, -0.2) is 0 Å². The van der Waals surface area contributed by atoms with Crippen molar-refractivity contribution in [2.24, 2.45) is 0 Å². The third kappa shape index (κ3) is 3.90. The molecule has 0 radical (unpaired) electrons. The van der Waals surface area contributed by atoms with Crippen molar-refractivity contribution in [3.63, 3.8) is 0 Å². The molecule has 0 aliphatic carbocycles. The lowest BCUT2D eigenvalue weighted by atomic mass is 9.99. The van der Waals surface area contributed by atoms with Gasteiger partial charge in [-0.3, -0.25) is 9.89 Å². The molecule has 0 unspecified atom stereocenters. The van der Waals surface area contributed by atoms with Gasteiger partial charge in [0.1, 0.15) is 0 Å². The van der Waals surface area contributed by atoms with Crippen molar-refractivity contribution in [3.8, 4) is 0 Å². The van der Waals surface area contributed by atoms with E-state index in [2.05, 4.69) is 20.4 Å². The first-order valence-corrected chi connectivity index (χ1v) is 7.86. The average molecular weight is 335 g/mol. The van der Waals surface area contributed by atoms with Crippen LogP contribution in [0.4, 0.5) is 0 Å². The lowest BCUT2D eigenvalue weighted by Gasteiger charge is -2.35. The Balaban J connectivity index is 1.83. The molecule has 7 heteroatoms. The molecule has 6 nitrogen and oxygen atoms in total. The zero-order chi connectivity index (χ0) is 16.2. The van der Waals surface area contributed by atoms with E-state index in [1.807, 2.05) is 31.3 Å². The van der Waals surface area contributed by atoms with Crippen LogP contribution in [-0.4, -0.2) is 53.9 Å². The van der Waals surface area contributed by atoms with Gasteiger partial charge >= 0.3 is 0 Å². The lowest BCUT2D eigenvalue weighted by molar-refractivity contribution is -0.0380. The number of carbonyl (C=O) groups is 1. The Labute approximate surface area is 139 Å². The molecule has 1 aromatic heterocycles. The minimum absolute atomic E-state index is 0.120. The standard InChI is InChI=1S/C16H19ClN4O2/c1-21-6-7-23-14(10-21)15(11-2-4-13(17)5-3-11)20-16(22)12-8-18-19-9-12/h2-5,8-9,14-15H,6-7,10H2,1H3,(H,18,19)(H,20,22)/t14-,15-/m1/s1. The zero-order valence-corrected chi connectivity index (χ0v) is 13.6. The van der Waals surface area contributed by atoms with E-state index in [-0.39, 0.29) is 18.1 Å². The Kier molecular flexibility index (Phi) is 4.95. The molecule has 0 spiro atoms. The number of ether oxygens (including phenoxy) is 1. The molecule has 2 heterocycles. The quantitative estimate of drug-likeness (QED) is 0.895. The van der Waals surface area contributed by atoms with Crippen LogP contribution in [0.1, 0.15) is 22.0 Å². The number of H-pyrrole nitrogens is 1. The van der Waals surface area contributed by atoms with Crippen LogP contribution in [0.2, 0.25) is 5.02 Å². The smallest absolute Gasteiger partial charge is 0.255 e. The number of aromatic amines is 1. The normalized spacial score (nSPS) is 20.2. The highest BCUT2D eigenvalue weighted by Gasteiger charge is 2.29. The first-order chi connectivity index (χ1) is 11.1. The number of hydrogen-bond acceptors (Lipinski definition) is 4. The first kappa shape index (κ1) is 16.0. The number of nitrogens with zero attached hydrogens (tertiary/aromatic N) is 2. The molecule has 3 rings (SSSR count). The molecular formula is C16H19ClN4O2. The minimum Gasteiger partial charge on any atom is -0.373 e. The van der Waals surface area contributed by atoms with E-state index >= 15 is 0 Å². The number of amides is 1. The Hall–Kier alpha value is -1.89. The highest BCUT2D eigenvalue weighted by molar-refractivity contribution is 6.30. The molecule has 1 saturated heterocycles. The summed E-state index contributed by atoms with van der Waals surface area (Å²) in [6, 6.07) is 7.22. The number of morpholine rings is 1. The van der Waals surface area contributed by atoms with Gasteiger partial charge in [0.15, 0.2) is 0 Å². The maximum Gasteiger partial charge on any atom is 0.255 e. The zero-order valence-electron chi connectivity index (χ0n) is 12.8. The van der Waals surface area contributed by atoms with Crippen LogP contribution in [0.3, 0.4) is 0 Å². The molecule has 122 valence electrons. The van der Waals surface area contributed by atoms with Gasteiger partial charge in [0.25, 0.3) is 5.91 Å². The predicted molar refractivity (Wildman–Crippen MR) is 87.5 cm³/mol. The number of carbonyl (C=O) groups excluding carboxylic acids is 1. The van der Waals surface area contributed by atoms with Gasteiger partial charge in [-0.1, -0.05) is 23.7 Å². The van der Waals surface area contributed by atoms with Gasteiger partial charge in [0.2, 0.25) is 0 Å². The van der Waals surface area contributed by atoms with Gasteiger partial charge in [-0.05, 0) is 24.7 Å².